The molecule has 100 valence electrons. The van der Waals surface area contributed by atoms with Crippen molar-refractivity contribution in [3.05, 3.63) is 64.1 Å². The Morgan fingerprint density at radius 2 is 1.58 bits per heavy atom. The fourth-order valence-corrected chi connectivity index (χ4v) is 2.06. The summed E-state index contributed by atoms with van der Waals surface area (Å²) in [7, 11) is 0. The second-order valence-corrected chi connectivity index (χ2v) is 5.05. The van der Waals surface area contributed by atoms with Crippen LogP contribution in [0.25, 0.3) is 0 Å². The first-order chi connectivity index (χ1) is 9.25. The van der Waals surface area contributed by atoms with E-state index in [-0.39, 0.29) is 0 Å². The van der Waals surface area contributed by atoms with Crippen LogP contribution in [0.5, 0.6) is 0 Å². The molecule has 2 aromatic rings. The lowest BCUT2D eigenvalue weighted by molar-refractivity contribution is 0.707. The Labute approximate surface area is 123 Å². The Morgan fingerprint density at radius 1 is 0.842 bits per heavy atom. The van der Waals surface area contributed by atoms with E-state index in [0.29, 0.717) is 0 Å². The van der Waals surface area contributed by atoms with Gasteiger partial charge in [0.15, 0.2) is 0 Å². The van der Waals surface area contributed by atoms with Gasteiger partial charge in [0.05, 0.1) is 0 Å². The van der Waals surface area contributed by atoms with Gasteiger partial charge < -0.3 is 10.6 Å². The zero-order valence-electron chi connectivity index (χ0n) is 10.5. The summed E-state index contributed by atoms with van der Waals surface area (Å²) in [6.07, 6.45) is 0. The van der Waals surface area contributed by atoms with E-state index >= 15 is 0 Å². The van der Waals surface area contributed by atoms with Gasteiger partial charge in [-0.15, -0.1) is 0 Å². The highest BCUT2D eigenvalue weighted by molar-refractivity contribution is 6.31. The van der Waals surface area contributed by atoms with Crippen molar-refractivity contribution >= 4 is 28.9 Å². The van der Waals surface area contributed by atoms with E-state index in [2.05, 4.69) is 10.6 Å². The zero-order chi connectivity index (χ0) is 13.5. The van der Waals surface area contributed by atoms with Crippen LogP contribution in [0.3, 0.4) is 0 Å². The van der Waals surface area contributed by atoms with Crippen molar-refractivity contribution in [2.45, 2.75) is 6.54 Å². The van der Waals surface area contributed by atoms with Gasteiger partial charge in [-0.1, -0.05) is 41.4 Å². The second-order valence-electron chi connectivity index (χ2n) is 4.20. The van der Waals surface area contributed by atoms with Gasteiger partial charge in [-0.05, 0) is 35.9 Å². The third-order valence-electron chi connectivity index (χ3n) is 2.75. The molecule has 0 aromatic heterocycles. The van der Waals surface area contributed by atoms with Crippen LogP contribution in [-0.2, 0) is 6.54 Å². The van der Waals surface area contributed by atoms with Crippen molar-refractivity contribution in [2.75, 3.05) is 18.4 Å². The van der Waals surface area contributed by atoms with Gasteiger partial charge in [-0.25, -0.2) is 0 Å². The van der Waals surface area contributed by atoms with Crippen LogP contribution >= 0.6 is 23.2 Å². The lowest BCUT2D eigenvalue weighted by Crippen LogP contribution is -2.21. The van der Waals surface area contributed by atoms with Gasteiger partial charge in [0, 0.05) is 35.4 Å². The summed E-state index contributed by atoms with van der Waals surface area (Å²) in [5.41, 5.74) is 2.19. The minimum atomic E-state index is 0.752. The van der Waals surface area contributed by atoms with Crippen molar-refractivity contribution in [2.24, 2.45) is 0 Å². The summed E-state index contributed by atoms with van der Waals surface area (Å²) in [5.74, 6) is 0. The normalized spacial score (nSPS) is 10.4. The van der Waals surface area contributed by atoms with E-state index in [1.807, 2.05) is 48.5 Å². The number of hydrogen-bond donors (Lipinski definition) is 2. The van der Waals surface area contributed by atoms with Crippen LogP contribution in [0, 0.1) is 0 Å². The molecular weight excluding hydrogens is 279 g/mol. The van der Waals surface area contributed by atoms with Crippen LogP contribution < -0.4 is 10.6 Å². The van der Waals surface area contributed by atoms with Gasteiger partial charge in [-0.2, -0.15) is 0 Å². The Bertz CT molecular complexity index is 512. The Balaban J connectivity index is 1.67. The molecule has 0 aliphatic rings. The molecule has 0 heterocycles. The molecule has 2 aromatic carbocycles. The highest BCUT2D eigenvalue weighted by Gasteiger charge is 1.97. The molecule has 0 atom stereocenters. The van der Waals surface area contributed by atoms with Crippen molar-refractivity contribution in [3.63, 3.8) is 0 Å². The molecule has 2 N–H and O–H groups in total. The maximum Gasteiger partial charge on any atom is 0.0450 e. The number of halogens is 2. The molecule has 4 heteroatoms. The Hall–Kier alpha value is -1.22. The van der Waals surface area contributed by atoms with Crippen molar-refractivity contribution in [1.82, 2.24) is 5.32 Å². The predicted octanol–water partition coefficient (Wildman–Crippen LogP) is 4.20. The lowest BCUT2D eigenvalue weighted by atomic mass is 10.2. The molecule has 0 aliphatic heterocycles. The van der Waals surface area contributed by atoms with Crippen LogP contribution in [0.15, 0.2) is 48.5 Å². The molecule has 2 nitrogen and oxygen atoms in total. The number of hydrogen-bond acceptors (Lipinski definition) is 2. The van der Waals surface area contributed by atoms with E-state index in [0.717, 1.165) is 40.9 Å². The maximum absolute atomic E-state index is 6.08. The SMILES string of the molecule is Clc1ccc(NCCNCc2ccccc2Cl)cc1. The third-order valence-corrected chi connectivity index (χ3v) is 3.37. The number of rotatable bonds is 6. The molecule has 0 bridgehead atoms. The lowest BCUT2D eigenvalue weighted by Gasteiger charge is -2.08. The average Bonchev–Trinajstić information content (AvgIpc) is 2.42. The smallest absolute Gasteiger partial charge is 0.0450 e. The highest BCUT2D eigenvalue weighted by atomic mass is 35.5. The van der Waals surface area contributed by atoms with Gasteiger partial charge in [0.1, 0.15) is 0 Å². The molecule has 0 saturated carbocycles. The van der Waals surface area contributed by atoms with E-state index in [9.17, 15) is 0 Å². The zero-order valence-corrected chi connectivity index (χ0v) is 12.0. The number of anilines is 1. The predicted molar refractivity (Wildman–Crippen MR) is 83.1 cm³/mol. The van der Waals surface area contributed by atoms with Crippen LogP contribution in [0.1, 0.15) is 5.56 Å². The summed E-state index contributed by atoms with van der Waals surface area (Å²) in [5, 5.41) is 8.23. The standard InChI is InChI=1S/C15H16Cl2N2/c16-13-5-7-14(8-6-13)19-10-9-18-11-12-3-1-2-4-15(12)17/h1-8,18-19H,9-11H2. The molecular formula is C15H16Cl2N2. The van der Waals surface area contributed by atoms with Crippen molar-refractivity contribution < 1.29 is 0 Å². The topological polar surface area (TPSA) is 24.1 Å². The summed E-state index contributed by atoms with van der Waals surface area (Å²) < 4.78 is 0. The van der Waals surface area contributed by atoms with Crippen LogP contribution in [-0.4, -0.2) is 13.1 Å². The van der Waals surface area contributed by atoms with E-state index in [1.165, 1.54) is 0 Å². The van der Waals surface area contributed by atoms with E-state index < -0.39 is 0 Å². The summed E-state index contributed by atoms with van der Waals surface area (Å²) in [6, 6.07) is 15.6. The van der Waals surface area contributed by atoms with E-state index in [4.69, 9.17) is 23.2 Å². The maximum atomic E-state index is 6.08. The fraction of sp³-hybridized carbons (Fsp3) is 0.200. The minimum Gasteiger partial charge on any atom is -0.384 e. The molecule has 0 radical (unpaired) electrons. The quantitative estimate of drug-likeness (QED) is 0.781. The monoisotopic (exact) mass is 294 g/mol. The van der Waals surface area contributed by atoms with Gasteiger partial charge in [0.2, 0.25) is 0 Å². The van der Waals surface area contributed by atoms with Gasteiger partial charge in [-0.3, -0.25) is 0 Å². The molecule has 0 unspecified atom stereocenters. The minimum absolute atomic E-state index is 0.752. The first kappa shape index (κ1) is 14.2. The molecule has 0 fully saturated rings. The third kappa shape index (κ3) is 4.75. The molecule has 0 aliphatic carbocycles. The summed E-state index contributed by atoms with van der Waals surface area (Å²) in [4.78, 5) is 0. The second kappa shape index (κ2) is 7.39. The van der Waals surface area contributed by atoms with E-state index in [1.54, 1.807) is 0 Å². The fourth-order valence-electron chi connectivity index (χ4n) is 1.73. The van der Waals surface area contributed by atoms with Crippen molar-refractivity contribution in [1.29, 1.82) is 0 Å². The highest BCUT2D eigenvalue weighted by Crippen LogP contribution is 2.14. The Morgan fingerprint density at radius 3 is 2.32 bits per heavy atom. The Kier molecular flexibility index (Phi) is 5.52. The largest absolute Gasteiger partial charge is 0.384 e. The van der Waals surface area contributed by atoms with Crippen LogP contribution in [0.4, 0.5) is 5.69 Å². The van der Waals surface area contributed by atoms with Crippen LogP contribution in [0.2, 0.25) is 10.0 Å². The summed E-state index contributed by atoms with van der Waals surface area (Å²) in [6.45, 7) is 2.50. The number of nitrogens with one attached hydrogen (secondary N) is 2. The van der Waals surface area contributed by atoms with Gasteiger partial charge in [0.25, 0.3) is 0 Å². The molecule has 0 saturated heterocycles. The van der Waals surface area contributed by atoms with Gasteiger partial charge >= 0.3 is 0 Å². The number of benzene rings is 2. The molecule has 2 rings (SSSR count). The molecule has 19 heavy (non-hydrogen) atoms. The molecule has 0 spiro atoms. The molecule has 0 amide bonds. The first-order valence-electron chi connectivity index (χ1n) is 6.19. The average molecular weight is 295 g/mol. The summed E-state index contributed by atoms with van der Waals surface area (Å²) >= 11 is 11.9. The van der Waals surface area contributed by atoms with Crippen molar-refractivity contribution in [3.8, 4) is 0 Å². The first-order valence-corrected chi connectivity index (χ1v) is 6.95.